The summed E-state index contributed by atoms with van der Waals surface area (Å²) in [6, 6.07) is 9.51. The zero-order valence-corrected chi connectivity index (χ0v) is 19.0. The number of thiazole rings is 1. The van der Waals surface area contributed by atoms with Crippen molar-refractivity contribution < 1.29 is 18.6 Å². The van der Waals surface area contributed by atoms with Crippen LogP contribution in [0.2, 0.25) is 0 Å². The van der Waals surface area contributed by atoms with E-state index in [2.05, 4.69) is 20.0 Å². The lowest BCUT2D eigenvalue weighted by Gasteiger charge is -2.10. The summed E-state index contributed by atoms with van der Waals surface area (Å²) in [4.78, 5) is 11.4. The average Bonchev–Trinajstić information content (AvgIpc) is 3.61. The molecule has 1 aliphatic heterocycles. The number of aryl methyl sites for hydroxylation is 1. The maximum absolute atomic E-state index is 6.16. The molecule has 0 bridgehead atoms. The van der Waals surface area contributed by atoms with Crippen molar-refractivity contribution in [2.45, 2.75) is 13.5 Å². The second-order valence-electron chi connectivity index (χ2n) is 7.76. The molecule has 0 unspecified atom stereocenters. The summed E-state index contributed by atoms with van der Waals surface area (Å²) in [5, 5.41) is 8.27. The first kappa shape index (κ1) is 20.0. The van der Waals surface area contributed by atoms with Crippen LogP contribution in [-0.2, 0) is 11.3 Å². The van der Waals surface area contributed by atoms with Crippen molar-refractivity contribution in [2.75, 3.05) is 31.9 Å². The van der Waals surface area contributed by atoms with Gasteiger partial charge < -0.3 is 23.5 Å². The molecular formula is C23H21N5O4S. The highest BCUT2D eigenvalue weighted by molar-refractivity contribution is 7.13. The summed E-state index contributed by atoms with van der Waals surface area (Å²) in [5.41, 5.74) is 3.90. The first-order valence-electron chi connectivity index (χ1n) is 10.5. The second-order valence-corrected chi connectivity index (χ2v) is 8.60. The third-order valence-electron chi connectivity index (χ3n) is 5.45. The summed E-state index contributed by atoms with van der Waals surface area (Å²) in [5.74, 6) is 1.95. The zero-order valence-electron chi connectivity index (χ0n) is 18.1. The van der Waals surface area contributed by atoms with Crippen molar-refractivity contribution in [3.05, 3.63) is 53.3 Å². The number of hydrogen-bond donors (Lipinski definition) is 0. The van der Waals surface area contributed by atoms with E-state index in [0.717, 1.165) is 40.7 Å². The smallest absolute Gasteiger partial charge is 0.187 e. The zero-order chi connectivity index (χ0) is 22.4. The molecule has 1 aliphatic rings. The number of ether oxygens (including phenoxy) is 3. The van der Waals surface area contributed by atoms with E-state index in [-0.39, 0.29) is 0 Å². The van der Waals surface area contributed by atoms with E-state index < -0.39 is 0 Å². The number of rotatable bonds is 6. The number of anilines is 1. The van der Waals surface area contributed by atoms with Gasteiger partial charge in [0.15, 0.2) is 16.5 Å². The summed E-state index contributed by atoms with van der Waals surface area (Å²) < 4.78 is 24.9. The number of hydrogen-bond acceptors (Lipinski definition) is 9. The molecule has 4 aromatic heterocycles. The molecule has 0 atom stereocenters. The van der Waals surface area contributed by atoms with Crippen molar-refractivity contribution in [3.63, 3.8) is 0 Å². The molecule has 1 aromatic carbocycles. The molecule has 168 valence electrons. The van der Waals surface area contributed by atoms with Crippen LogP contribution in [0.3, 0.4) is 0 Å². The number of fused-ring (bicyclic) bond motifs is 2. The number of nitrogens with zero attached hydrogens (tertiary/aromatic N) is 5. The van der Waals surface area contributed by atoms with Gasteiger partial charge in [0.05, 0.1) is 36.7 Å². The van der Waals surface area contributed by atoms with Crippen LogP contribution in [0.4, 0.5) is 5.13 Å². The van der Waals surface area contributed by atoms with E-state index in [1.54, 1.807) is 23.0 Å². The molecule has 33 heavy (non-hydrogen) atoms. The summed E-state index contributed by atoms with van der Waals surface area (Å²) in [7, 11) is 1.62. The van der Waals surface area contributed by atoms with Crippen molar-refractivity contribution in [1.29, 1.82) is 0 Å². The summed E-state index contributed by atoms with van der Waals surface area (Å²) in [6.45, 7) is 4.46. The average molecular weight is 464 g/mol. The largest absolute Gasteiger partial charge is 0.496 e. The maximum atomic E-state index is 6.16. The quantitative estimate of drug-likeness (QED) is 0.369. The van der Waals surface area contributed by atoms with Crippen molar-refractivity contribution >= 4 is 33.1 Å². The molecule has 0 radical (unpaired) electrons. The Kier molecular flexibility index (Phi) is 4.88. The Morgan fingerprint density at radius 3 is 2.97 bits per heavy atom. The predicted octanol–water partition coefficient (Wildman–Crippen LogP) is 4.29. The molecule has 0 spiro atoms. The Bertz CT molecular complexity index is 1450. The highest BCUT2D eigenvalue weighted by atomic mass is 32.1. The van der Waals surface area contributed by atoms with Gasteiger partial charge in [-0.25, -0.2) is 14.5 Å². The van der Waals surface area contributed by atoms with Gasteiger partial charge in [-0.1, -0.05) is 0 Å². The monoisotopic (exact) mass is 463 g/mol. The normalized spacial score (nSPS) is 13.9. The van der Waals surface area contributed by atoms with Gasteiger partial charge in [-0.05, 0) is 25.1 Å². The van der Waals surface area contributed by atoms with Gasteiger partial charge in [0.25, 0.3) is 0 Å². The first-order chi connectivity index (χ1) is 16.2. The number of methoxy groups -OCH3 is 1. The predicted molar refractivity (Wildman–Crippen MR) is 124 cm³/mol. The Morgan fingerprint density at radius 1 is 1.18 bits per heavy atom. The van der Waals surface area contributed by atoms with Crippen LogP contribution in [0.15, 0.2) is 46.3 Å². The van der Waals surface area contributed by atoms with Crippen LogP contribution >= 0.6 is 11.3 Å². The summed E-state index contributed by atoms with van der Waals surface area (Å²) >= 11 is 1.59. The maximum Gasteiger partial charge on any atom is 0.187 e. The van der Waals surface area contributed by atoms with Crippen molar-refractivity contribution in [2.24, 2.45) is 0 Å². The van der Waals surface area contributed by atoms with Crippen LogP contribution in [0.1, 0.15) is 11.4 Å². The molecule has 5 aromatic rings. The van der Waals surface area contributed by atoms with E-state index >= 15 is 0 Å². The van der Waals surface area contributed by atoms with Crippen LogP contribution in [0.25, 0.3) is 28.1 Å². The molecule has 1 saturated heterocycles. The molecule has 0 N–H and O–H groups in total. The lowest BCUT2D eigenvalue weighted by Crippen LogP contribution is -2.18. The minimum absolute atomic E-state index is 0.339. The van der Waals surface area contributed by atoms with E-state index in [4.69, 9.17) is 18.6 Å². The Hall–Kier alpha value is -3.63. The standard InChI is InChI=1S/C23H21N5O4S/c1-14-3-4-22-25-18(10-28(22)26-14)21-9-17-19(7-16(29-2)8-20(17)32-21)31-11-15-12-33-23(24-15)27-5-6-30-13-27/h3-4,7-10,12H,5-6,11,13H2,1-2H3. The van der Waals surface area contributed by atoms with Gasteiger partial charge in [-0.3, -0.25) is 0 Å². The van der Waals surface area contributed by atoms with E-state index in [1.165, 1.54) is 0 Å². The van der Waals surface area contributed by atoms with Gasteiger partial charge in [-0.2, -0.15) is 5.10 Å². The first-order valence-corrected chi connectivity index (χ1v) is 11.4. The van der Waals surface area contributed by atoms with Gasteiger partial charge in [0.2, 0.25) is 0 Å². The van der Waals surface area contributed by atoms with Gasteiger partial charge in [0.1, 0.15) is 36.1 Å². The Balaban J connectivity index is 1.31. The SMILES string of the molecule is COc1cc(OCc2csc(N3CCOC3)n2)c2cc(-c3cn4nc(C)ccc4n3)oc2c1. The summed E-state index contributed by atoms with van der Waals surface area (Å²) in [6.07, 6.45) is 1.86. The molecule has 1 fully saturated rings. The second kappa shape index (κ2) is 8.05. The Labute approximate surface area is 193 Å². The van der Waals surface area contributed by atoms with Gasteiger partial charge in [0, 0.05) is 24.1 Å². The minimum atomic E-state index is 0.339. The molecule has 0 saturated carbocycles. The molecule has 9 nitrogen and oxygen atoms in total. The fourth-order valence-electron chi connectivity index (χ4n) is 3.77. The number of aromatic nitrogens is 4. The van der Waals surface area contributed by atoms with Crippen LogP contribution in [0, 0.1) is 6.92 Å². The number of benzene rings is 1. The molecule has 5 heterocycles. The third-order valence-corrected chi connectivity index (χ3v) is 6.40. The molecule has 0 amide bonds. The van der Waals surface area contributed by atoms with Gasteiger partial charge >= 0.3 is 0 Å². The third kappa shape index (κ3) is 3.77. The Morgan fingerprint density at radius 2 is 2.12 bits per heavy atom. The van der Waals surface area contributed by atoms with E-state index in [1.807, 2.05) is 48.8 Å². The van der Waals surface area contributed by atoms with Crippen LogP contribution < -0.4 is 14.4 Å². The van der Waals surface area contributed by atoms with Crippen molar-refractivity contribution in [3.8, 4) is 23.0 Å². The number of furan rings is 1. The highest BCUT2D eigenvalue weighted by Gasteiger charge is 2.18. The van der Waals surface area contributed by atoms with Gasteiger partial charge in [-0.15, -0.1) is 11.3 Å². The topological polar surface area (TPSA) is 87.2 Å². The lowest BCUT2D eigenvalue weighted by atomic mass is 10.2. The molecular weight excluding hydrogens is 442 g/mol. The fraction of sp³-hybridized carbons (Fsp3) is 0.261. The van der Waals surface area contributed by atoms with Crippen LogP contribution in [0.5, 0.6) is 11.5 Å². The lowest BCUT2D eigenvalue weighted by molar-refractivity contribution is 0.201. The van der Waals surface area contributed by atoms with E-state index in [0.29, 0.717) is 41.9 Å². The van der Waals surface area contributed by atoms with Crippen LogP contribution in [-0.4, -0.2) is 46.6 Å². The molecule has 6 rings (SSSR count). The molecule has 0 aliphatic carbocycles. The van der Waals surface area contributed by atoms with E-state index in [9.17, 15) is 0 Å². The molecule has 10 heteroatoms. The minimum Gasteiger partial charge on any atom is -0.496 e. The fourth-order valence-corrected chi connectivity index (χ4v) is 4.59. The van der Waals surface area contributed by atoms with Crippen molar-refractivity contribution in [1.82, 2.24) is 19.6 Å². The highest BCUT2D eigenvalue weighted by Crippen LogP contribution is 2.37. The number of imidazole rings is 1.